The Bertz CT molecular complexity index is 1340. The molecule has 1 heterocycles. The van der Waals surface area contributed by atoms with Gasteiger partial charge in [-0.2, -0.15) is 0 Å². The van der Waals surface area contributed by atoms with Crippen molar-refractivity contribution in [2.24, 2.45) is 11.1 Å². The van der Waals surface area contributed by atoms with E-state index in [0.717, 1.165) is 16.8 Å². The van der Waals surface area contributed by atoms with Gasteiger partial charge in [0.15, 0.2) is 0 Å². The first-order valence-electron chi connectivity index (χ1n) is 13.7. The summed E-state index contributed by atoms with van der Waals surface area (Å²) in [7, 11) is 0. The van der Waals surface area contributed by atoms with Crippen LogP contribution in [0, 0.1) is 5.41 Å². The van der Waals surface area contributed by atoms with Gasteiger partial charge in [-0.3, -0.25) is 10.0 Å². The van der Waals surface area contributed by atoms with Gasteiger partial charge in [-0.05, 0) is 47.7 Å². The number of carbonyl (C=O) groups is 2. The molecule has 4 N–H and O–H groups in total. The van der Waals surface area contributed by atoms with Gasteiger partial charge in [0.25, 0.3) is 0 Å². The largest absolute Gasteiger partial charge is 0.356 e. The monoisotopic (exact) mass is 586 g/mol. The van der Waals surface area contributed by atoms with Crippen molar-refractivity contribution < 1.29 is 14.8 Å². The molecule has 3 amide bonds. The van der Waals surface area contributed by atoms with Gasteiger partial charge < -0.3 is 15.6 Å². The van der Waals surface area contributed by atoms with Gasteiger partial charge in [0.1, 0.15) is 0 Å². The third-order valence-corrected chi connectivity index (χ3v) is 8.31. The van der Waals surface area contributed by atoms with Gasteiger partial charge in [-0.15, -0.1) is 11.8 Å². The number of primary amides is 1. The van der Waals surface area contributed by atoms with Crippen LogP contribution < -0.4 is 11.1 Å². The molecule has 2 aromatic carbocycles. The molecule has 0 fully saturated rings. The van der Waals surface area contributed by atoms with E-state index in [4.69, 9.17) is 17.3 Å². The molecule has 0 atom stereocenters. The van der Waals surface area contributed by atoms with Crippen LogP contribution in [0.4, 0.5) is 4.79 Å². The van der Waals surface area contributed by atoms with Crippen LogP contribution in [0.15, 0.2) is 47.4 Å². The summed E-state index contributed by atoms with van der Waals surface area (Å²) in [6, 6.07) is 13.7. The third kappa shape index (κ3) is 8.18. The maximum Gasteiger partial charge on any atom is 0.338 e. The fraction of sp³-hybridized carbons (Fsp3) is 0.484. The highest BCUT2D eigenvalue weighted by atomic mass is 35.5. The van der Waals surface area contributed by atoms with Crippen LogP contribution in [0.25, 0.3) is 10.9 Å². The molecular weight excluding hydrogens is 544 g/mol. The molecule has 0 saturated carbocycles. The van der Waals surface area contributed by atoms with Crippen molar-refractivity contribution in [1.82, 2.24) is 14.9 Å². The number of hydroxylamine groups is 2. The van der Waals surface area contributed by atoms with E-state index in [0.29, 0.717) is 41.9 Å². The number of thioether (sulfide) groups is 1. The minimum atomic E-state index is -0.912. The highest BCUT2D eigenvalue weighted by Gasteiger charge is 2.33. The first-order chi connectivity index (χ1) is 18.6. The second-order valence-corrected chi connectivity index (χ2v) is 14.5. The van der Waals surface area contributed by atoms with Crippen LogP contribution in [0.2, 0.25) is 5.02 Å². The number of nitrogens with zero attached hydrogens (tertiary/aromatic N) is 2. The quantitative estimate of drug-likeness (QED) is 0.0956. The normalized spacial score (nSPS) is 12.2. The molecule has 0 aliphatic rings. The van der Waals surface area contributed by atoms with E-state index in [1.807, 2.05) is 49.9 Å². The van der Waals surface area contributed by atoms with E-state index >= 15 is 0 Å². The van der Waals surface area contributed by atoms with Crippen molar-refractivity contribution in [2.75, 3.05) is 13.1 Å². The molecule has 0 saturated heterocycles. The predicted molar refractivity (Wildman–Crippen MR) is 165 cm³/mol. The number of hydrogen-bond donors (Lipinski definition) is 3. The molecule has 7 nitrogen and oxygen atoms in total. The smallest absolute Gasteiger partial charge is 0.338 e. The lowest BCUT2D eigenvalue weighted by Gasteiger charge is -2.27. The summed E-state index contributed by atoms with van der Waals surface area (Å²) in [5.74, 6) is 0.306. The highest BCUT2D eigenvalue weighted by Crippen LogP contribution is 2.44. The molecule has 0 spiro atoms. The summed E-state index contributed by atoms with van der Waals surface area (Å²) in [4.78, 5) is 25.6. The lowest BCUT2D eigenvalue weighted by molar-refractivity contribution is -0.129. The van der Waals surface area contributed by atoms with Crippen LogP contribution in [0.5, 0.6) is 0 Å². The number of nitrogens with two attached hydrogens (primary N) is 1. The Labute approximate surface area is 247 Å². The molecule has 40 heavy (non-hydrogen) atoms. The van der Waals surface area contributed by atoms with Crippen molar-refractivity contribution >= 4 is 46.2 Å². The van der Waals surface area contributed by atoms with E-state index < -0.39 is 11.4 Å². The Balaban J connectivity index is 2.04. The lowest BCUT2D eigenvalue weighted by atomic mass is 9.86. The summed E-state index contributed by atoms with van der Waals surface area (Å²) in [5, 5.41) is 14.8. The SMILES string of the molecule is CC(C)c1ccc2c(c1)c(SC(C)(C)C)c(CC(C)(C)C(=O)NCCCN(O)C(N)=O)n2Cc1ccc(Cl)cc1. The predicted octanol–water partition coefficient (Wildman–Crippen LogP) is 7.20. The molecule has 9 heteroatoms. The Morgan fingerprint density at radius 1 is 1.10 bits per heavy atom. The average molecular weight is 587 g/mol. The summed E-state index contributed by atoms with van der Waals surface area (Å²) in [6.07, 6.45) is 0.922. The van der Waals surface area contributed by atoms with Crippen molar-refractivity contribution in [1.29, 1.82) is 0 Å². The van der Waals surface area contributed by atoms with Crippen molar-refractivity contribution in [3.8, 4) is 0 Å². The minimum absolute atomic E-state index is 0.0367. The van der Waals surface area contributed by atoms with Crippen molar-refractivity contribution in [2.45, 2.75) is 83.4 Å². The number of amides is 3. The molecule has 1 aromatic heterocycles. The zero-order valence-electron chi connectivity index (χ0n) is 24.7. The summed E-state index contributed by atoms with van der Waals surface area (Å²) in [6.45, 7) is 16.0. The molecule has 3 aromatic rings. The second-order valence-electron chi connectivity index (χ2n) is 12.3. The highest BCUT2D eigenvalue weighted by molar-refractivity contribution is 8.00. The zero-order chi connectivity index (χ0) is 29.8. The number of aromatic nitrogens is 1. The van der Waals surface area contributed by atoms with Crippen molar-refractivity contribution in [3.63, 3.8) is 0 Å². The standard InChI is InChI=1S/C31H43ClN4O3S/c1-20(2)22-11-14-25-24(17-22)27(40-30(3,4)5)26(35(25)19-21-9-12-23(32)13-10-21)18-31(6,7)28(37)34-15-8-16-36(39)29(33)38/h9-14,17,20,39H,8,15-16,18-19H2,1-7H3,(H2,33,38)(H,34,37). The summed E-state index contributed by atoms with van der Waals surface area (Å²) < 4.78 is 2.31. The van der Waals surface area contributed by atoms with E-state index in [-0.39, 0.29) is 17.2 Å². The Kier molecular flexibility index (Phi) is 10.3. The van der Waals surface area contributed by atoms with Gasteiger partial charge in [-0.25, -0.2) is 9.86 Å². The van der Waals surface area contributed by atoms with Gasteiger partial charge in [-0.1, -0.05) is 78.3 Å². The number of urea groups is 1. The van der Waals surface area contributed by atoms with Crippen LogP contribution in [0.3, 0.4) is 0 Å². The van der Waals surface area contributed by atoms with Crippen molar-refractivity contribution in [3.05, 3.63) is 64.3 Å². The lowest BCUT2D eigenvalue weighted by Crippen LogP contribution is -2.40. The molecule has 0 unspecified atom stereocenters. The Morgan fingerprint density at radius 2 is 1.75 bits per heavy atom. The number of benzene rings is 2. The second kappa shape index (κ2) is 12.9. The van der Waals surface area contributed by atoms with E-state index in [2.05, 4.69) is 62.7 Å². The Hall–Kier alpha value is -2.68. The first kappa shape index (κ1) is 31.8. The van der Waals surface area contributed by atoms with E-state index in [1.165, 1.54) is 15.8 Å². The third-order valence-electron chi connectivity index (χ3n) is 6.78. The number of rotatable bonds is 11. The molecule has 3 rings (SSSR count). The van der Waals surface area contributed by atoms with Crippen LogP contribution in [-0.2, 0) is 17.8 Å². The molecule has 0 aliphatic carbocycles. The first-order valence-corrected chi connectivity index (χ1v) is 14.9. The topological polar surface area (TPSA) is 101 Å². The van der Waals surface area contributed by atoms with E-state index in [1.54, 1.807) is 0 Å². The number of hydrogen-bond acceptors (Lipinski definition) is 4. The van der Waals surface area contributed by atoms with Crippen LogP contribution in [-0.4, -0.2) is 44.6 Å². The molecule has 0 bridgehead atoms. The van der Waals surface area contributed by atoms with E-state index in [9.17, 15) is 14.8 Å². The number of carbonyl (C=O) groups excluding carboxylic acids is 2. The number of nitrogens with one attached hydrogen (secondary N) is 1. The van der Waals surface area contributed by atoms with Gasteiger partial charge in [0.2, 0.25) is 5.91 Å². The Morgan fingerprint density at radius 3 is 2.33 bits per heavy atom. The molecule has 0 radical (unpaired) electrons. The molecule has 0 aliphatic heterocycles. The van der Waals surface area contributed by atoms with Gasteiger partial charge in [0.05, 0.1) is 6.54 Å². The maximum absolute atomic E-state index is 13.4. The zero-order valence-corrected chi connectivity index (χ0v) is 26.2. The maximum atomic E-state index is 13.4. The van der Waals surface area contributed by atoms with Crippen LogP contribution >= 0.6 is 23.4 Å². The summed E-state index contributed by atoms with van der Waals surface area (Å²) >= 11 is 8.02. The molecule has 218 valence electrons. The van der Waals surface area contributed by atoms with Crippen LogP contribution in [0.1, 0.15) is 77.6 Å². The minimum Gasteiger partial charge on any atom is -0.356 e. The van der Waals surface area contributed by atoms with Gasteiger partial charge >= 0.3 is 6.03 Å². The fourth-order valence-corrected chi connectivity index (χ4v) is 5.89. The fourth-order valence-electron chi connectivity index (χ4n) is 4.58. The number of fused-ring (bicyclic) bond motifs is 1. The average Bonchev–Trinajstić information content (AvgIpc) is 3.12. The molecular formula is C31H43ClN4O3S. The van der Waals surface area contributed by atoms with Gasteiger partial charge in [0, 0.05) is 56.2 Å². The summed E-state index contributed by atoms with van der Waals surface area (Å²) in [5.41, 5.74) is 9.03. The number of halogens is 1.